The maximum atomic E-state index is 11.3. The zero-order valence-electron chi connectivity index (χ0n) is 23.0. The molecule has 0 unspecified atom stereocenters. The number of rotatable bonds is 12. The van der Waals surface area contributed by atoms with Crippen molar-refractivity contribution in [1.82, 2.24) is 14.5 Å². The van der Waals surface area contributed by atoms with E-state index in [0.717, 1.165) is 83.7 Å². The molecule has 3 aromatic rings. The Hall–Kier alpha value is -2.74. The second kappa shape index (κ2) is 12.9. The van der Waals surface area contributed by atoms with Gasteiger partial charge in [-0.3, -0.25) is 4.90 Å². The molecule has 2 heterocycles. The minimum Gasteiger partial charge on any atom is -0.493 e. The first-order chi connectivity index (χ1) is 18.3. The number of hydrogen-bond acceptors (Lipinski definition) is 6. The summed E-state index contributed by atoms with van der Waals surface area (Å²) >= 11 is 6.28. The van der Waals surface area contributed by atoms with Gasteiger partial charge in [0.15, 0.2) is 11.5 Å². The van der Waals surface area contributed by atoms with E-state index in [0.29, 0.717) is 19.6 Å². The topological polar surface area (TPSA) is 69.0 Å². The molecule has 1 atom stereocenters. The third-order valence-corrected chi connectivity index (χ3v) is 7.70. The first-order valence-corrected chi connectivity index (χ1v) is 13.8. The van der Waals surface area contributed by atoms with Crippen LogP contribution < -0.4 is 14.2 Å². The minimum atomic E-state index is -0.903. The van der Waals surface area contributed by atoms with Gasteiger partial charge in [0.1, 0.15) is 23.8 Å². The number of β-amino-alcohol motifs (C(OH)–C–C–N with tert-alkyl or cyclic N) is 1. The molecule has 1 saturated heterocycles. The molecule has 2 aromatic carbocycles. The Labute approximate surface area is 231 Å². The van der Waals surface area contributed by atoms with Crippen LogP contribution >= 0.6 is 11.6 Å². The molecule has 1 aliphatic rings. The molecular formula is C30H40ClN3O4. The average Bonchev–Trinajstić information content (AvgIpc) is 3.36. The minimum absolute atomic E-state index is 0.249. The van der Waals surface area contributed by atoms with Crippen molar-refractivity contribution in [2.24, 2.45) is 0 Å². The highest BCUT2D eigenvalue weighted by Crippen LogP contribution is 2.31. The van der Waals surface area contributed by atoms with Crippen molar-refractivity contribution in [2.75, 3.05) is 33.4 Å². The fourth-order valence-corrected chi connectivity index (χ4v) is 5.24. The zero-order valence-corrected chi connectivity index (χ0v) is 23.8. The molecule has 7 nitrogen and oxygen atoms in total. The van der Waals surface area contributed by atoms with Crippen molar-refractivity contribution in [3.05, 3.63) is 70.3 Å². The van der Waals surface area contributed by atoms with Gasteiger partial charge in [-0.05, 0) is 80.6 Å². The number of imidazole rings is 1. The van der Waals surface area contributed by atoms with E-state index >= 15 is 0 Å². The van der Waals surface area contributed by atoms with E-state index in [1.807, 2.05) is 50.5 Å². The molecule has 4 rings (SSSR count). The molecule has 0 aliphatic carbocycles. The Morgan fingerprint density at radius 3 is 2.63 bits per heavy atom. The standard InChI is InChI=1S/C30H40ClN3O4/c1-5-28-32-11-14-34(28)13-7-15-37-26-9-8-24(18-27(26)36-4)19-33-12-6-10-30(35,20-33)21-38-25-16-22(2)29(31)23(3)17-25/h8-9,11,14,16-18,35H,5-7,10,12-13,15,19-21H2,1-4H3/t30-/m0/s1. The Morgan fingerprint density at radius 2 is 1.89 bits per heavy atom. The number of likely N-dealkylation sites (tertiary alicyclic amines) is 1. The van der Waals surface area contributed by atoms with Gasteiger partial charge in [-0.15, -0.1) is 0 Å². The molecule has 0 spiro atoms. The quantitative estimate of drug-likeness (QED) is 0.301. The molecule has 0 bridgehead atoms. The molecule has 1 N–H and O–H groups in total. The first kappa shape index (κ1) is 28.3. The maximum Gasteiger partial charge on any atom is 0.161 e. The summed E-state index contributed by atoms with van der Waals surface area (Å²) in [6.07, 6.45) is 7.29. The molecule has 8 heteroatoms. The highest BCUT2D eigenvalue weighted by Gasteiger charge is 2.34. The normalized spacial score (nSPS) is 17.9. The molecule has 0 amide bonds. The van der Waals surface area contributed by atoms with Gasteiger partial charge in [-0.1, -0.05) is 24.6 Å². The van der Waals surface area contributed by atoms with Crippen LogP contribution in [-0.4, -0.2) is 58.6 Å². The number of methoxy groups -OCH3 is 1. The largest absolute Gasteiger partial charge is 0.493 e. The van der Waals surface area contributed by atoms with Crippen LogP contribution in [-0.2, 0) is 19.5 Å². The SMILES string of the molecule is CCc1nccn1CCCOc1ccc(CN2CCC[C@@](O)(COc3cc(C)c(Cl)c(C)c3)C2)cc1OC. The van der Waals surface area contributed by atoms with E-state index in [2.05, 4.69) is 27.4 Å². The second-order valence-electron chi connectivity index (χ2n) is 10.3. The van der Waals surface area contributed by atoms with Gasteiger partial charge in [-0.25, -0.2) is 4.98 Å². The molecular weight excluding hydrogens is 502 g/mol. The molecule has 1 aliphatic heterocycles. The number of ether oxygens (including phenoxy) is 3. The van der Waals surface area contributed by atoms with Gasteiger partial charge < -0.3 is 23.9 Å². The summed E-state index contributed by atoms with van der Waals surface area (Å²) in [6, 6.07) is 9.94. The lowest BCUT2D eigenvalue weighted by Crippen LogP contribution is -2.51. The summed E-state index contributed by atoms with van der Waals surface area (Å²) in [6.45, 7) is 9.97. The van der Waals surface area contributed by atoms with Gasteiger partial charge in [0.2, 0.25) is 0 Å². The van der Waals surface area contributed by atoms with Crippen molar-refractivity contribution in [3.63, 3.8) is 0 Å². The van der Waals surface area contributed by atoms with Gasteiger partial charge in [0, 0.05) is 43.5 Å². The van der Waals surface area contributed by atoms with Gasteiger partial charge in [-0.2, -0.15) is 0 Å². The maximum absolute atomic E-state index is 11.3. The Kier molecular flexibility index (Phi) is 9.58. The monoisotopic (exact) mass is 541 g/mol. The van der Waals surface area contributed by atoms with Crippen molar-refractivity contribution in [3.8, 4) is 17.2 Å². The molecule has 0 radical (unpaired) electrons. The molecule has 1 fully saturated rings. The van der Waals surface area contributed by atoms with E-state index in [1.54, 1.807) is 7.11 Å². The van der Waals surface area contributed by atoms with Crippen molar-refractivity contribution < 1.29 is 19.3 Å². The number of aryl methyl sites for hydroxylation is 4. The molecule has 206 valence electrons. The number of hydrogen-bond donors (Lipinski definition) is 1. The predicted molar refractivity (Wildman–Crippen MR) is 151 cm³/mol. The summed E-state index contributed by atoms with van der Waals surface area (Å²) in [5, 5.41) is 12.1. The van der Waals surface area contributed by atoms with Crippen LogP contribution in [0.1, 0.15) is 48.7 Å². The molecule has 0 saturated carbocycles. The van der Waals surface area contributed by atoms with Crippen LogP contribution in [0.15, 0.2) is 42.7 Å². The molecule has 38 heavy (non-hydrogen) atoms. The second-order valence-corrected chi connectivity index (χ2v) is 10.7. The first-order valence-electron chi connectivity index (χ1n) is 13.4. The average molecular weight is 542 g/mol. The van der Waals surface area contributed by atoms with E-state index < -0.39 is 5.60 Å². The molecule has 1 aromatic heterocycles. The number of aliphatic hydroxyl groups is 1. The summed E-state index contributed by atoms with van der Waals surface area (Å²) in [5.41, 5.74) is 2.17. The Balaban J connectivity index is 1.30. The Morgan fingerprint density at radius 1 is 1.11 bits per heavy atom. The summed E-state index contributed by atoms with van der Waals surface area (Å²) < 4.78 is 19.9. The van der Waals surface area contributed by atoms with E-state index in [1.165, 1.54) is 0 Å². The lowest BCUT2D eigenvalue weighted by molar-refractivity contribution is -0.0621. The highest BCUT2D eigenvalue weighted by atomic mass is 35.5. The van der Waals surface area contributed by atoms with Crippen LogP contribution in [0.2, 0.25) is 5.02 Å². The van der Waals surface area contributed by atoms with Crippen LogP contribution in [0.3, 0.4) is 0 Å². The number of piperidine rings is 1. The van der Waals surface area contributed by atoms with E-state index in [4.69, 9.17) is 25.8 Å². The Bertz CT molecular complexity index is 1190. The van der Waals surface area contributed by atoms with Gasteiger partial charge >= 0.3 is 0 Å². The lowest BCUT2D eigenvalue weighted by atomic mass is 9.93. The van der Waals surface area contributed by atoms with Crippen LogP contribution in [0.25, 0.3) is 0 Å². The fourth-order valence-electron chi connectivity index (χ4n) is 5.13. The van der Waals surface area contributed by atoms with Crippen LogP contribution in [0, 0.1) is 13.8 Å². The fraction of sp³-hybridized carbons (Fsp3) is 0.500. The number of aromatic nitrogens is 2. The summed E-state index contributed by atoms with van der Waals surface area (Å²) in [7, 11) is 1.67. The van der Waals surface area contributed by atoms with Gasteiger partial charge in [0.05, 0.1) is 13.7 Å². The summed E-state index contributed by atoms with van der Waals surface area (Å²) in [4.78, 5) is 6.64. The van der Waals surface area contributed by atoms with Crippen LogP contribution in [0.5, 0.6) is 17.2 Å². The highest BCUT2D eigenvalue weighted by molar-refractivity contribution is 6.32. The predicted octanol–water partition coefficient (Wildman–Crippen LogP) is 5.60. The van der Waals surface area contributed by atoms with Crippen LogP contribution in [0.4, 0.5) is 0 Å². The zero-order chi connectivity index (χ0) is 27.1. The van der Waals surface area contributed by atoms with Crippen molar-refractivity contribution in [1.29, 1.82) is 0 Å². The third kappa shape index (κ3) is 7.22. The van der Waals surface area contributed by atoms with Crippen molar-refractivity contribution in [2.45, 2.75) is 65.1 Å². The van der Waals surface area contributed by atoms with Gasteiger partial charge in [0.25, 0.3) is 0 Å². The summed E-state index contributed by atoms with van der Waals surface area (Å²) in [5.74, 6) is 3.31. The number of benzene rings is 2. The number of nitrogens with zero attached hydrogens (tertiary/aromatic N) is 3. The smallest absolute Gasteiger partial charge is 0.161 e. The number of halogens is 1. The lowest BCUT2D eigenvalue weighted by Gasteiger charge is -2.39. The third-order valence-electron chi connectivity index (χ3n) is 7.10. The van der Waals surface area contributed by atoms with Crippen molar-refractivity contribution >= 4 is 11.6 Å². The van der Waals surface area contributed by atoms with E-state index in [-0.39, 0.29) is 6.61 Å². The van der Waals surface area contributed by atoms with E-state index in [9.17, 15) is 5.11 Å².